The fraction of sp³-hybridized carbons (Fsp3) is 0.318. The molecule has 0 fully saturated rings. The lowest BCUT2D eigenvalue weighted by Crippen LogP contribution is -2.31. The van der Waals surface area contributed by atoms with Gasteiger partial charge in [-0.2, -0.15) is 4.31 Å². The van der Waals surface area contributed by atoms with Gasteiger partial charge >= 0.3 is 0 Å². The number of hydrogen-bond donors (Lipinski definition) is 2. The molecule has 0 bridgehead atoms. The second kappa shape index (κ2) is 10.8. The molecular weight excluding hydrogens is 460 g/mol. The number of nitrogens with zero attached hydrogens (tertiary/aromatic N) is 4. The SMILES string of the molecule is CCN(CC)S(=O)(=O)c1cccc(-c2nnc(SC(C)C(=O)NCc3ccccc3)n2N)c1. The van der Waals surface area contributed by atoms with Crippen LogP contribution in [0.25, 0.3) is 11.4 Å². The highest BCUT2D eigenvalue weighted by Crippen LogP contribution is 2.27. The summed E-state index contributed by atoms with van der Waals surface area (Å²) in [7, 11) is -3.62. The van der Waals surface area contributed by atoms with Crippen molar-refractivity contribution in [3.8, 4) is 11.4 Å². The van der Waals surface area contributed by atoms with Crippen LogP contribution in [0, 0.1) is 0 Å². The number of carbonyl (C=O) groups excluding carboxylic acids is 1. The van der Waals surface area contributed by atoms with Gasteiger partial charge in [-0.25, -0.2) is 13.1 Å². The van der Waals surface area contributed by atoms with Gasteiger partial charge < -0.3 is 11.2 Å². The highest BCUT2D eigenvalue weighted by Gasteiger charge is 2.24. The van der Waals surface area contributed by atoms with Gasteiger partial charge in [0.25, 0.3) is 0 Å². The van der Waals surface area contributed by atoms with E-state index < -0.39 is 15.3 Å². The zero-order valence-electron chi connectivity index (χ0n) is 18.8. The molecule has 9 nitrogen and oxygen atoms in total. The lowest BCUT2D eigenvalue weighted by Gasteiger charge is -2.18. The van der Waals surface area contributed by atoms with E-state index in [4.69, 9.17) is 5.84 Å². The van der Waals surface area contributed by atoms with Gasteiger partial charge in [0.05, 0.1) is 10.1 Å². The van der Waals surface area contributed by atoms with Crippen LogP contribution in [0.5, 0.6) is 0 Å². The number of benzene rings is 2. The molecule has 3 rings (SSSR count). The second-order valence-corrected chi connectivity index (χ2v) is 10.5. The predicted octanol–water partition coefficient (Wildman–Crippen LogP) is 2.49. The van der Waals surface area contributed by atoms with Crippen LogP contribution in [0.3, 0.4) is 0 Å². The van der Waals surface area contributed by atoms with E-state index >= 15 is 0 Å². The zero-order valence-corrected chi connectivity index (χ0v) is 20.4. The van der Waals surface area contributed by atoms with E-state index in [1.54, 1.807) is 39.0 Å². The molecule has 0 aliphatic heterocycles. The van der Waals surface area contributed by atoms with Crippen molar-refractivity contribution in [3.63, 3.8) is 0 Å². The molecular formula is C22H28N6O3S2. The number of nitrogens with two attached hydrogens (primary N) is 1. The number of thioether (sulfide) groups is 1. The maximum Gasteiger partial charge on any atom is 0.243 e. The number of sulfonamides is 1. The standard InChI is InChI=1S/C22H28N6O3S2/c1-4-27(5-2)33(30,31)19-13-9-12-18(14-19)20-25-26-22(28(20)23)32-16(3)21(29)24-15-17-10-7-6-8-11-17/h6-14,16H,4-5,15,23H2,1-3H3,(H,24,29). The Balaban J connectivity index is 1.74. The summed E-state index contributed by atoms with van der Waals surface area (Å²) in [5.74, 6) is 6.36. The van der Waals surface area contributed by atoms with E-state index in [0.717, 1.165) is 5.56 Å². The average molecular weight is 489 g/mol. The Kier molecular flexibility index (Phi) is 8.11. The minimum atomic E-state index is -3.62. The number of carbonyl (C=O) groups is 1. The lowest BCUT2D eigenvalue weighted by atomic mass is 10.2. The van der Waals surface area contributed by atoms with E-state index in [1.165, 1.54) is 26.8 Å². The van der Waals surface area contributed by atoms with Gasteiger partial charge in [-0.05, 0) is 24.6 Å². The quantitative estimate of drug-likeness (QED) is 0.332. The Bertz CT molecular complexity index is 1190. The Labute approximate surface area is 198 Å². The van der Waals surface area contributed by atoms with Crippen molar-refractivity contribution in [2.75, 3.05) is 18.9 Å². The maximum atomic E-state index is 12.9. The van der Waals surface area contributed by atoms with Crippen LogP contribution < -0.4 is 11.2 Å². The van der Waals surface area contributed by atoms with Crippen molar-refractivity contribution in [3.05, 3.63) is 60.2 Å². The molecule has 0 spiro atoms. The van der Waals surface area contributed by atoms with E-state index in [1.807, 2.05) is 30.3 Å². The third-order valence-corrected chi connectivity index (χ3v) is 8.16. The maximum absolute atomic E-state index is 12.9. The summed E-state index contributed by atoms with van der Waals surface area (Å²) in [6, 6.07) is 16.1. The molecule has 3 aromatic rings. The number of nitrogens with one attached hydrogen (secondary N) is 1. The van der Waals surface area contributed by atoms with Crippen LogP contribution in [0.1, 0.15) is 26.3 Å². The Morgan fingerprint density at radius 3 is 2.48 bits per heavy atom. The first-order valence-corrected chi connectivity index (χ1v) is 12.9. The molecule has 1 aromatic heterocycles. The van der Waals surface area contributed by atoms with E-state index in [-0.39, 0.29) is 10.8 Å². The van der Waals surface area contributed by atoms with Gasteiger partial charge in [0, 0.05) is 25.2 Å². The molecule has 3 N–H and O–H groups in total. The smallest absolute Gasteiger partial charge is 0.243 e. The number of rotatable bonds is 10. The third-order valence-electron chi connectivity index (χ3n) is 5.06. The van der Waals surface area contributed by atoms with Gasteiger partial charge in [-0.15, -0.1) is 10.2 Å². The first kappa shape index (κ1) is 24.7. The van der Waals surface area contributed by atoms with E-state index in [2.05, 4.69) is 15.5 Å². The molecule has 0 saturated carbocycles. The summed E-state index contributed by atoms with van der Waals surface area (Å²) >= 11 is 1.18. The highest BCUT2D eigenvalue weighted by atomic mass is 32.2. The van der Waals surface area contributed by atoms with Crippen molar-refractivity contribution in [2.24, 2.45) is 0 Å². The first-order valence-electron chi connectivity index (χ1n) is 10.6. The second-order valence-electron chi connectivity index (χ2n) is 7.26. The summed E-state index contributed by atoms with van der Waals surface area (Å²) in [5.41, 5.74) is 1.53. The van der Waals surface area contributed by atoms with Crippen LogP contribution >= 0.6 is 11.8 Å². The molecule has 0 radical (unpaired) electrons. The molecule has 0 aliphatic carbocycles. The van der Waals surface area contributed by atoms with Crippen LogP contribution in [-0.4, -0.2) is 51.8 Å². The van der Waals surface area contributed by atoms with Crippen LogP contribution in [0.2, 0.25) is 0 Å². The van der Waals surface area contributed by atoms with Crippen molar-refractivity contribution < 1.29 is 13.2 Å². The Morgan fingerprint density at radius 2 is 1.82 bits per heavy atom. The molecule has 2 aromatic carbocycles. The largest absolute Gasteiger partial charge is 0.351 e. The predicted molar refractivity (Wildman–Crippen MR) is 129 cm³/mol. The third kappa shape index (κ3) is 5.73. The van der Waals surface area contributed by atoms with Gasteiger partial charge in [0.15, 0.2) is 5.82 Å². The summed E-state index contributed by atoms with van der Waals surface area (Å²) < 4.78 is 28.4. The first-order chi connectivity index (χ1) is 15.8. The van der Waals surface area contributed by atoms with Crippen LogP contribution in [-0.2, 0) is 21.4 Å². The van der Waals surface area contributed by atoms with Gasteiger partial charge in [-0.3, -0.25) is 4.79 Å². The monoisotopic (exact) mass is 488 g/mol. The van der Waals surface area contributed by atoms with Crippen molar-refractivity contribution in [1.29, 1.82) is 0 Å². The molecule has 0 aliphatic rings. The van der Waals surface area contributed by atoms with Gasteiger partial charge in [-0.1, -0.05) is 68.1 Å². The zero-order chi connectivity index (χ0) is 24.0. The van der Waals surface area contributed by atoms with Crippen molar-refractivity contribution in [1.82, 2.24) is 24.5 Å². The van der Waals surface area contributed by atoms with E-state index in [9.17, 15) is 13.2 Å². The van der Waals surface area contributed by atoms with Crippen molar-refractivity contribution >= 4 is 27.7 Å². The van der Waals surface area contributed by atoms with Crippen molar-refractivity contribution in [2.45, 2.75) is 42.6 Å². The van der Waals surface area contributed by atoms with Crippen LogP contribution in [0.4, 0.5) is 0 Å². The fourth-order valence-electron chi connectivity index (χ4n) is 3.20. The molecule has 33 heavy (non-hydrogen) atoms. The number of aromatic nitrogens is 3. The number of hydrogen-bond acceptors (Lipinski definition) is 7. The fourth-order valence-corrected chi connectivity index (χ4v) is 5.50. The molecule has 11 heteroatoms. The number of nitrogen functional groups attached to an aromatic ring is 1. The normalized spacial score (nSPS) is 12.6. The summed E-state index contributed by atoms with van der Waals surface area (Å²) in [6.45, 7) is 6.53. The van der Waals surface area contributed by atoms with Gasteiger partial charge in [0.1, 0.15) is 0 Å². The summed E-state index contributed by atoms with van der Waals surface area (Å²) in [4.78, 5) is 12.6. The van der Waals surface area contributed by atoms with Crippen LogP contribution in [0.15, 0.2) is 64.6 Å². The molecule has 1 unspecified atom stereocenters. The summed E-state index contributed by atoms with van der Waals surface area (Å²) in [6.07, 6.45) is 0. The highest BCUT2D eigenvalue weighted by molar-refractivity contribution is 8.00. The average Bonchev–Trinajstić information content (AvgIpc) is 3.18. The topological polar surface area (TPSA) is 123 Å². The lowest BCUT2D eigenvalue weighted by molar-refractivity contribution is -0.120. The van der Waals surface area contributed by atoms with E-state index in [0.29, 0.717) is 36.2 Å². The molecule has 176 valence electrons. The van der Waals surface area contributed by atoms with Gasteiger partial charge in [0.2, 0.25) is 21.1 Å². The molecule has 1 atom stereocenters. The Hall–Kier alpha value is -2.89. The molecule has 1 heterocycles. The summed E-state index contributed by atoms with van der Waals surface area (Å²) in [5, 5.41) is 11.0. The minimum Gasteiger partial charge on any atom is -0.351 e. The molecule has 0 saturated heterocycles. The Morgan fingerprint density at radius 1 is 1.12 bits per heavy atom. The number of amides is 1. The minimum absolute atomic E-state index is 0.152. The molecule has 1 amide bonds.